The summed E-state index contributed by atoms with van der Waals surface area (Å²) >= 11 is 3.28. The van der Waals surface area contributed by atoms with Gasteiger partial charge in [0.1, 0.15) is 5.75 Å². The van der Waals surface area contributed by atoms with Crippen molar-refractivity contribution >= 4 is 26.0 Å². The van der Waals surface area contributed by atoms with Crippen molar-refractivity contribution in [2.24, 2.45) is 0 Å². The summed E-state index contributed by atoms with van der Waals surface area (Å²) in [5, 5.41) is 0. The van der Waals surface area contributed by atoms with Crippen molar-refractivity contribution in [2.75, 3.05) is 20.3 Å². The lowest BCUT2D eigenvalue weighted by Gasteiger charge is -2.23. The molecule has 19 heavy (non-hydrogen) atoms. The zero-order valence-electron chi connectivity index (χ0n) is 10.6. The van der Waals surface area contributed by atoms with Crippen molar-refractivity contribution in [1.82, 2.24) is 4.72 Å². The molecule has 0 spiro atoms. The molecule has 1 atom stereocenters. The van der Waals surface area contributed by atoms with Crippen LogP contribution in [0.25, 0.3) is 0 Å². The first-order chi connectivity index (χ1) is 9.03. The number of hydrogen-bond donors (Lipinski definition) is 1. The van der Waals surface area contributed by atoms with Gasteiger partial charge >= 0.3 is 0 Å². The van der Waals surface area contributed by atoms with Gasteiger partial charge in [-0.05, 0) is 47.0 Å². The van der Waals surface area contributed by atoms with E-state index in [1.54, 1.807) is 6.07 Å². The molecule has 1 aliphatic rings. The minimum absolute atomic E-state index is 0.153. The Morgan fingerprint density at radius 2 is 2.26 bits per heavy atom. The fourth-order valence-corrected chi connectivity index (χ4v) is 3.91. The maximum absolute atomic E-state index is 12.2. The highest BCUT2D eigenvalue weighted by Gasteiger charge is 2.22. The van der Waals surface area contributed by atoms with E-state index in [0.29, 0.717) is 23.4 Å². The predicted molar refractivity (Wildman–Crippen MR) is 74.9 cm³/mol. The largest absolute Gasteiger partial charge is 0.496 e. The van der Waals surface area contributed by atoms with E-state index in [1.165, 1.54) is 19.2 Å². The second kappa shape index (κ2) is 6.21. The van der Waals surface area contributed by atoms with Gasteiger partial charge in [-0.1, -0.05) is 0 Å². The van der Waals surface area contributed by atoms with Gasteiger partial charge in [-0.2, -0.15) is 0 Å². The van der Waals surface area contributed by atoms with Crippen LogP contribution >= 0.6 is 15.9 Å². The van der Waals surface area contributed by atoms with Crippen LogP contribution in [0.2, 0.25) is 0 Å². The summed E-state index contributed by atoms with van der Waals surface area (Å²) in [7, 11) is -1.99. The van der Waals surface area contributed by atoms with Gasteiger partial charge < -0.3 is 9.47 Å². The van der Waals surface area contributed by atoms with Crippen molar-refractivity contribution < 1.29 is 17.9 Å². The molecule has 1 N–H and O–H groups in total. The fourth-order valence-electron chi connectivity index (χ4n) is 1.94. The van der Waals surface area contributed by atoms with Crippen LogP contribution in [0.3, 0.4) is 0 Å². The van der Waals surface area contributed by atoms with Gasteiger partial charge in [0.25, 0.3) is 0 Å². The Hall–Kier alpha value is -0.630. The lowest BCUT2D eigenvalue weighted by Crippen LogP contribution is -2.40. The summed E-state index contributed by atoms with van der Waals surface area (Å²) < 4.78 is 38.1. The summed E-state index contributed by atoms with van der Waals surface area (Å²) in [6.07, 6.45) is 1.68. The number of rotatable bonds is 4. The van der Waals surface area contributed by atoms with Crippen molar-refractivity contribution in [2.45, 2.75) is 23.8 Å². The third-order valence-electron chi connectivity index (χ3n) is 2.92. The van der Waals surface area contributed by atoms with Gasteiger partial charge in [-0.3, -0.25) is 0 Å². The Morgan fingerprint density at radius 3 is 2.84 bits per heavy atom. The summed E-state index contributed by atoms with van der Waals surface area (Å²) in [6.45, 7) is 1.13. The van der Waals surface area contributed by atoms with Crippen LogP contribution in [0.5, 0.6) is 5.75 Å². The first-order valence-electron chi connectivity index (χ1n) is 5.96. The smallest absolute Gasteiger partial charge is 0.240 e. The number of methoxy groups -OCH3 is 1. The quantitative estimate of drug-likeness (QED) is 0.901. The Kier molecular flexibility index (Phi) is 4.83. The van der Waals surface area contributed by atoms with Crippen LogP contribution in [0, 0.1) is 0 Å². The SMILES string of the molecule is COc1ccc(S(=O)(=O)NC2CCCOC2)cc1Br. The molecule has 1 saturated heterocycles. The normalized spacial score (nSPS) is 20.2. The third-order valence-corrected chi connectivity index (χ3v) is 5.05. The molecule has 5 nitrogen and oxygen atoms in total. The molecule has 0 amide bonds. The third kappa shape index (κ3) is 3.68. The minimum Gasteiger partial charge on any atom is -0.496 e. The molecule has 1 aromatic carbocycles. The Bertz CT molecular complexity index is 541. The van der Waals surface area contributed by atoms with Crippen LogP contribution in [0.15, 0.2) is 27.6 Å². The number of ether oxygens (including phenoxy) is 2. The van der Waals surface area contributed by atoms with E-state index in [4.69, 9.17) is 9.47 Å². The zero-order chi connectivity index (χ0) is 13.9. The van der Waals surface area contributed by atoms with E-state index in [-0.39, 0.29) is 10.9 Å². The maximum atomic E-state index is 12.2. The Balaban J connectivity index is 2.16. The highest BCUT2D eigenvalue weighted by atomic mass is 79.9. The van der Waals surface area contributed by atoms with Gasteiger partial charge in [0.05, 0.1) is 23.1 Å². The highest BCUT2D eigenvalue weighted by Crippen LogP contribution is 2.27. The summed E-state index contributed by atoms with van der Waals surface area (Å²) in [5.74, 6) is 0.597. The van der Waals surface area contributed by atoms with Crippen LogP contribution in [-0.2, 0) is 14.8 Å². The standard InChI is InChI=1S/C12H16BrNO4S/c1-17-12-5-4-10(7-11(12)13)19(15,16)14-9-3-2-6-18-8-9/h4-5,7,9,14H,2-3,6,8H2,1H3. The Labute approximate surface area is 121 Å². The van der Waals surface area contributed by atoms with E-state index in [1.807, 2.05) is 0 Å². The molecule has 0 aliphatic carbocycles. The molecule has 1 aromatic rings. The second-order valence-electron chi connectivity index (χ2n) is 4.33. The van der Waals surface area contributed by atoms with E-state index in [0.717, 1.165) is 12.8 Å². The van der Waals surface area contributed by atoms with E-state index in [2.05, 4.69) is 20.7 Å². The van der Waals surface area contributed by atoms with Gasteiger partial charge in [-0.25, -0.2) is 13.1 Å². The lowest BCUT2D eigenvalue weighted by atomic mass is 10.1. The van der Waals surface area contributed by atoms with Gasteiger partial charge in [0.2, 0.25) is 10.0 Å². The predicted octanol–water partition coefficient (Wildman–Crippen LogP) is 1.91. The molecule has 1 aliphatic heterocycles. The molecular formula is C12H16BrNO4S. The molecular weight excluding hydrogens is 334 g/mol. The zero-order valence-corrected chi connectivity index (χ0v) is 13.0. The lowest BCUT2D eigenvalue weighted by molar-refractivity contribution is 0.0774. The molecule has 1 fully saturated rings. The van der Waals surface area contributed by atoms with Crippen LogP contribution < -0.4 is 9.46 Å². The molecule has 7 heteroatoms. The molecule has 0 radical (unpaired) electrons. The van der Waals surface area contributed by atoms with Gasteiger partial charge in [0.15, 0.2) is 0 Å². The number of hydrogen-bond acceptors (Lipinski definition) is 4. The average Bonchev–Trinajstić information content (AvgIpc) is 2.39. The van der Waals surface area contributed by atoms with E-state index >= 15 is 0 Å². The van der Waals surface area contributed by atoms with Gasteiger partial charge in [-0.15, -0.1) is 0 Å². The van der Waals surface area contributed by atoms with Gasteiger partial charge in [0, 0.05) is 12.6 Å². The molecule has 106 valence electrons. The fraction of sp³-hybridized carbons (Fsp3) is 0.500. The summed E-state index contributed by atoms with van der Waals surface area (Å²) in [5.41, 5.74) is 0. The first-order valence-corrected chi connectivity index (χ1v) is 8.24. The number of halogens is 1. The van der Waals surface area contributed by atoms with Crippen molar-refractivity contribution in [1.29, 1.82) is 0 Å². The van der Waals surface area contributed by atoms with Crippen molar-refractivity contribution in [3.8, 4) is 5.75 Å². The van der Waals surface area contributed by atoms with Crippen LogP contribution in [-0.4, -0.2) is 34.8 Å². The van der Waals surface area contributed by atoms with Crippen LogP contribution in [0.4, 0.5) is 0 Å². The molecule has 0 aromatic heterocycles. The average molecular weight is 350 g/mol. The molecule has 0 saturated carbocycles. The first kappa shape index (κ1) is 14.8. The Morgan fingerprint density at radius 1 is 1.47 bits per heavy atom. The molecule has 1 unspecified atom stereocenters. The highest BCUT2D eigenvalue weighted by molar-refractivity contribution is 9.10. The maximum Gasteiger partial charge on any atom is 0.240 e. The van der Waals surface area contributed by atoms with Crippen molar-refractivity contribution in [3.05, 3.63) is 22.7 Å². The van der Waals surface area contributed by atoms with E-state index in [9.17, 15) is 8.42 Å². The monoisotopic (exact) mass is 349 g/mol. The summed E-state index contributed by atoms with van der Waals surface area (Å²) in [4.78, 5) is 0.214. The summed E-state index contributed by atoms with van der Waals surface area (Å²) in [6, 6.07) is 4.52. The van der Waals surface area contributed by atoms with Crippen molar-refractivity contribution in [3.63, 3.8) is 0 Å². The second-order valence-corrected chi connectivity index (χ2v) is 6.90. The number of sulfonamides is 1. The van der Waals surface area contributed by atoms with E-state index < -0.39 is 10.0 Å². The molecule has 2 rings (SSSR count). The van der Waals surface area contributed by atoms with Crippen LogP contribution in [0.1, 0.15) is 12.8 Å². The number of benzene rings is 1. The topological polar surface area (TPSA) is 64.6 Å². The molecule has 1 heterocycles. The molecule has 0 bridgehead atoms. The number of nitrogens with one attached hydrogen (secondary N) is 1. The minimum atomic E-state index is -3.52.